The minimum atomic E-state index is -0.501. The molecule has 138 valence electrons. The molecule has 0 unspecified atom stereocenters. The van der Waals surface area contributed by atoms with Gasteiger partial charge < -0.3 is 9.57 Å². The van der Waals surface area contributed by atoms with Crippen LogP contribution < -0.4 is 10.1 Å². The van der Waals surface area contributed by atoms with Crippen molar-refractivity contribution in [2.24, 2.45) is 5.16 Å². The van der Waals surface area contributed by atoms with Gasteiger partial charge in [0.25, 0.3) is 11.6 Å². The summed E-state index contributed by atoms with van der Waals surface area (Å²) in [5.74, 6) is 0.200. The van der Waals surface area contributed by atoms with E-state index in [1.807, 2.05) is 12.1 Å². The highest BCUT2D eigenvalue weighted by atomic mass is 32.1. The van der Waals surface area contributed by atoms with Crippen LogP contribution in [0.25, 0.3) is 10.2 Å². The number of hydrogen-bond acceptors (Lipinski definition) is 8. The lowest BCUT2D eigenvalue weighted by atomic mass is 10.2. The van der Waals surface area contributed by atoms with Crippen LogP contribution in [-0.4, -0.2) is 35.7 Å². The zero-order valence-electron chi connectivity index (χ0n) is 14.1. The van der Waals surface area contributed by atoms with Crippen molar-refractivity contribution in [2.75, 3.05) is 19.0 Å². The van der Waals surface area contributed by atoms with Crippen molar-refractivity contribution in [3.8, 4) is 5.75 Å². The molecule has 0 saturated heterocycles. The first-order chi connectivity index (χ1) is 13.1. The number of fused-ring (bicyclic) bond motifs is 1. The number of amides is 1. The van der Waals surface area contributed by atoms with Crippen LogP contribution >= 0.6 is 11.3 Å². The second kappa shape index (κ2) is 8.23. The Morgan fingerprint density at radius 1 is 1.37 bits per heavy atom. The normalized spacial score (nSPS) is 10.9. The third kappa shape index (κ3) is 4.55. The first kappa shape index (κ1) is 18.3. The Morgan fingerprint density at radius 2 is 2.19 bits per heavy atom. The van der Waals surface area contributed by atoms with Crippen LogP contribution in [0.3, 0.4) is 0 Å². The van der Waals surface area contributed by atoms with Crippen molar-refractivity contribution in [1.29, 1.82) is 0 Å². The number of hydrogen-bond donors (Lipinski definition) is 1. The van der Waals surface area contributed by atoms with Gasteiger partial charge in [0.05, 0.1) is 22.9 Å². The molecule has 1 N–H and O–H groups in total. The van der Waals surface area contributed by atoms with E-state index in [0.717, 1.165) is 4.70 Å². The van der Waals surface area contributed by atoms with Crippen molar-refractivity contribution >= 4 is 44.5 Å². The van der Waals surface area contributed by atoms with Gasteiger partial charge in [-0.2, -0.15) is 0 Å². The highest BCUT2D eigenvalue weighted by Gasteiger charge is 2.11. The summed E-state index contributed by atoms with van der Waals surface area (Å²) in [6.07, 6.45) is 1.29. The van der Waals surface area contributed by atoms with Gasteiger partial charge in [-0.1, -0.05) is 34.7 Å². The third-order valence-electron chi connectivity index (χ3n) is 3.40. The maximum Gasteiger partial charge on any atom is 0.270 e. The molecule has 0 spiro atoms. The molecule has 10 heteroatoms. The number of carbonyl (C=O) groups is 1. The Morgan fingerprint density at radius 3 is 2.96 bits per heavy atom. The van der Waals surface area contributed by atoms with Gasteiger partial charge in [-0.25, -0.2) is 4.98 Å². The fourth-order valence-electron chi connectivity index (χ4n) is 2.21. The third-order valence-corrected chi connectivity index (χ3v) is 4.34. The topological polar surface area (TPSA) is 116 Å². The monoisotopic (exact) mass is 386 g/mol. The van der Waals surface area contributed by atoms with Gasteiger partial charge in [0.1, 0.15) is 11.3 Å². The minimum Gasteiger partial charge on any atom is -0.494 e. The molecule has 3 rings (SSSR count). The Balaban J connectivity index is 1.55. The number of carbonyl (C=O) groups excluding carboxylic acids is 1. The molecule has 27 heavy (non-hydrogen) atoms. The first-order valence-corrected chi connectivity index (χ1v) is 8.51. The molecule has 0 radical (unpaired) electrons. The molecule has 1 aromatic heterocycles. The highest BCUT2D eigenvalue weighted by Crippen LogP contribution is 2.31. The van der Waals surface area contributed by atoms with Crippen molar-refractivity contribution in [2.45, 2.75) is 0 Å². The number of non-ortho nitro benzene ring substituents is 1. The molecule has 0 fully saturated rings. The Hall–Kier alpha value is -3.53. The predicted molar refractivity (Wildman–Crippen MR) is 101 cm³/mol. The number of nitro benzene ring substituents is 1. The van der Waals surface area contributed by atoms with Crippen LogP contribution in [0, 0.1) is 10.1 Å². The molecule has 0 atom stereocenters. The number of aromatic nitrogens is 1. The molecule has 1 heterocycles. The van der Waals surface area contributed by atoms with Crippen LogP contribution in [0.4, 0.5) is 10.8 Å². The number of nitrogens with one attached hydrogen (secondary N) is 1. The number of anilines is 1. The maximum absolute atomic E-state index is 11.9. The fraction of sp³-hybridized carbons (Fsp3) is 0.118. The van der Waals surface area contributed by atoms with Crippen LogP contribution in [0.2, 0.25) is 0 Å². The van der Waals surface area contributed by atoms with Gasteiger partial charge in [0.2, 0.25) is 0 Å². The molecule has 0 saturated carbocycles. The number of para-hydroxylation sites is 1. The summed E-state index contributed by atoms with van der Waals surface area (Å²) in [6, 6.07) is 11.4. The van der Waals surface area contributed by atoms with Crippen LogP contribution in [0.5, 0.6) is 5.75 Å². The van der Waals surface area contributed by atoms with Gasteiger partial charge in [-0.3, -0.25) is 20.2 Å². The van der Waals surface area contributed by atoms with Gasteiger partial charge in [0.15, 0.2) is 11.7 Å². The van der Waals surface area contributed by atoms with E-state index in [-0.39, 0.29) is 12.3 Å². The number of oxime groups is 1. The van der Waals surface area contributed by atoms with E-state index in [0.29, 0.717) is 22.0 Å². The molecule has 0 aliphatic rings. The van der Waals surface area contributed by atoms with E-state index in [4.69, 9.17) is 9.57 Å². The number of nitrogens with zero attached hydrogens (tertiary/aromatic N) is 3. The lowest BCUT2D eigenvalue weighted by molar-refractivity contribution is -0.384. The molecular formula is C17H14N4O5S. The molecule has 1 amide bonds. The number of benzene rings is 2. The summed E-state index contributed by atoms with van der Waals surface area (Å²) >= 11 is 1.31. The average Bonchev–Trinajstić information content (AvgIpc) is 3.07. The summed E-state index contributed by atoms with van der Waals surface area (Å²) in [4.78, 5) is 31.4. The second-order valence-electron chi connectivity index (χ2n) is 5.23. The predicted octanol–water partition coefficient (Wildman–Crippen LogP) is 3.20. The fourth-order valence-corrected chi connectivity index (χ4v) is 3.11. The summed E-state index contributed by atoms with van der Waals surface area (Å²) in [5, 5.41) is 17.4. The van der Waals surface area contributed by atoms with Crippen molar-refractivity contribution in [1.82, 2.24) is 4.98 Å². The second-order valence-corrected chi connectivity index (χ2v) is 6.26. The van der Waals surface area contributed by atoms with Gasteiger partial charge in [-0.15, -0.1) is 0 Å². The van der Waals surface area contributed by atoms with Crippen molar-refractivity contribution in [3.05, 3.63) is 58.1 Å². The molecule has 9 nitrogen and oxygen atoms in total. The molecule has 3 aromatic rings. The minimum absolute atomic E-state index is 0.0528. The summed E-state index contributed by atoms with van der Waals surface area (Å²) in [6.45, 7) is -0.321. The van der Waals surface area contributed by atoms with E-state index in [2.05, 4.69) is 15.5 Å². The lowest BCUT2D eigenvalue weighted by Crippen LogP contribution is -2.16. The van der Waals surface area contributed by atoms with E-state index in [1.54, 1.807) is 19.2 Å². The smallest absolute Gasteiger partial charge is 0.270 e. The van der Waals surface area contributed by atoms with E-state index >= 15 is 0 Å². The van der Waals surface area contributed by atoms with Gasteiger partial charge >= 0.3 is 0 Å². The van der Waals surface area contributed by atoms with Crippen LogP contribution in [0.1, 0.15) is 5.56 Å². The van der Waals surface area contributed by atoms with Crippen LogP contribution in [0.15, 0.2) is 47.6 Å². The Kier molecular flexibility index (Phi) is 5.57. The number of nitro groups is 1. The van der Waals surface area contributed by atoms with Crippen molar-refractivity contribution < 1.29 is 19.3 Å². The maximum atomic E-state index is 11.9. The van der Waals surface area contributed by atoms with Crippen LogP contribution in [-0.2, 0) is 9.63 Å². The molecule has 0 aliphatic heterocycles. The zero-order chi connectivity index (χ0) is 19.2. The molecule has 0 bridgehead atoms. The number of thiazole rings is 1. The molecule has 0 aliphatic carbocycles. The first-order valence-electron chi connectivity index (χ1n) is 7.70. The summed E-state index contributed by atoms with van der Waals surface area (Å²) < 4.78 is 6.12. The Bertz CT molecular complexity index is 1020. The largest absolute Gasteiger partial charge is 0.494 e. The molecule has 2 aromatic carbocycles. The SMILES string of the molecule is COc1cccc2sc(NC(=O)CO/N=C/c3cccc([N+](=O)[O-])c3)nc12. The highest BCUT2D eigenvalue weighted by molar-refractivity contribution is 7.22. The lowest BCUT2D eigenvalue weighted by Gasteiger charge is -2.00. The van der Waals surface area contributed by atoms with E-state index < -0.39 is 10.8 Å². The zero-order valence-corrected chi connectivity index (χ0v) is 14.9. The van der Waals surface area contributed by atoms with Gasteiger partial charge in [0, 0.05) is 17.7 Å². The van der Waals surface area contributed by atoms with E-state index in [1.165, 1.54) is 35.8 Å². The van der Waals surface area contributed by atoms with E-state index in [9.17, 15) is 14.9 Å². The number of rotatable bonds is 7. The summed E-state index contributed by atoms with van der Waals surface area (Å²) in [5.41, 5.74) is 1.11. The quantitative estimate of drug-likeness (QED) is 0.379. The number of ether oxygens (including phenoxy) is 1. The van der Waals surface area contributed by atoms with Crippen molar-refractivity contribution in [3.63, 3.8) is 0 Å². The Labute approximate surface area is 157 Å². The summed E-state index contributed by atoms with van der Waals surface area (Å²) in [7, 11) is 1.56. The average molecular weight is 386 g/mol. The standard InChI is InChI=1S/C17H14N4O5S/c1-25-13-6-3-7-14-16(13)20-17(27-14)19-15(22)10-26-18-9-11-4-2-5-12(8-11)21(23)24/h2-9H,10H2,1H3,(H,19,20,22)/b18-9+. The molecular weight excluding hydrogens is 372 g/mol. The number of methoxy groups -OCH3 is 1. The van der Waals surface area contributed by atoms with Gasteiger partial charge in [-0.05, 0) is 12.1 Å².